The molecule has 0 amide bonds. The highest BCUT2D eigenvalue weighted by Gasteiger charge is 2.09. The number of nitriles is 1. The summed E-state index contributed by atoms with van der Waals surface area (Å²) in [4.78, 5) is 5.11. The van der Waals surface area contributed by atoms with Gasteiger partial charge in [0.2, 0.25) is 0 Å². The standard InChI is InChI=1S/C16H8I2N2OS2/c17-11-6-9(7-12(18)15(11)21)5-10(8-19)22-16-20-13-3-1-2-4-14(13)23-16/h1-7,21H/b10-5+. The van der Waals surface area contributed by atoms with Gasteiger partial charge in [0.05, 0.1) is 22.3 Å². The van der Waals surface area contributed by atoms with Crippen LogP contribution in [-0.4, -0.2) is 10.1 Å². The highest BCUT2D eigenvalue weighted by molar-refractivity contribution is 14.1. The van der Waals surface area contributed by atoms with E-state index >= 15 is 0 Å². The first-order valence-electron chi connectivity index (χ1n) is 6.40. The average molecular weight is 562 g/mol. The van der Waals surface area contributed by atoms with Crippen molar-refractivity contribution in [2.45, 2.75) is 4.34 Å². The fourth-order valence-corrected chi connectivity index (χ4v) is 5.68. The van der Waals surface area contributed by atoms with Crippen molar-refractivity contribution >= 4 is 84.6 Å². The summed E-state index contributed by atoms with van der Waals surface area (Å²) in [5.74, 6) is 0.278. The zero-order valence-electron chi connectivity index (χ0n) is 11.5. The van der Waals surface area contributed by atoms with Gasteiger partial charge in [-0.25, -0.2) is 4.98 Å². The topological polar surface area (TPSA) is 56.9 Å². The lowest BCUT2D eigenvalue weighted by Gasteiger charge is -2.03. The van der Waals surface area contributed by atoms with Crippen LogP contribution in [0.25, 0.3) is 16.3 Å². The van der Waals surface area contributed by atoms with Crippen molar-refractivity contribution in [3.8, 4) is 11.8 Å². The second-order valence-corrected chi connectivity index (χ2v) is 9.15. The predicted molar refractivity (Wildman–Crippen MR) is 113 cm³/mol. The summed E-state index contributed by atoms with van der Waals surface area (Å²) in [5.41, 5.74) is 1.84. The first kappa shape index (κ1) is 17.0. The number of hydrogen-bond acceptors (Lipinski definition) is 5. The van der Waals surface area contributed by atoms with Crippen molar-refractivity contribution in [2.24, 2.45) is 0 Å². The normalized spacial score (nSPS) is 11.6. The van der Waals surface area contributed by atoms with E-state index < -0.39 is 0 Å². The van der Waals surface area contributed by atoms with E-state index in [2.05, 4.69) is 56.2 Å². The van der Waals surface area contributed by atoms with Crippen molar-refractivity contribution in [3.63, 3.8) is 0 Å². The molecule has 1 aromatic heterocycles. The highest BCUT2D eigenvalue weighted by Crippen LogP contribution is 2.35. The molecule has 0 saturated heterocycles. The quantitative estimate of drug-likeness (QED) is 0.247. The molecule has 2 aromatic carbocycles. The van der Waals surface area contributed by atoms with Gasteiger partial charge in [0, 0.05) is 0 Å². The van der Waals surface area contributed by atoms with Crippen LogP contribution in [0.3, 0.4) is 0 Å². The Labute approximate surface area is 168 Å². The molecule has 23 heavy (non-hydrogen) atoms. The van der Waals surface area contributed by atoms with Crippen LogP contribution >= 0.6 is 68.3 Å². The molecule has 7 heteroatoms. The van der Waals surface area contributed by atoms with Crippen LogP contribution in [0.2, 0.25) is 0 Å². The van der Waals surface area contributed by atoms with Gasteiger partial charge in [-0.1, -0.05) is 12.1 Å². The smallest absolute Gasteiger partial charge is 0.156 e. The number of hydrogen-bond donors (Lipinski definition) is 1. The van der Waals surface area contributed by atoms with Crippen molar-refractivity contribution < 1.29 is 5.11 Å². The lowest BCUT2D eigenvalue weighted by atomic mass is 10.2. The number of para-hydroxylation sites is 1. The van der Waals surface area contributed by atoms with Gasteiger partial charge in [-0.05, 0) is 92.8 Å². The largest absolute Gasteiger partial charge is 0.506 e. The number of fused-ring (bicyclic) bond motifs is 1. The van der Waals surface area contributed by atoms with Gasteiger partial charge in [0.1, 0.15) is 11.8 Å². The summed E-state index contributed by atoms with van der Waals surface area (Å²) < 4.78 is 3.49. The first-order chi connectivity index (χ1) is 11.1. The zero-order valence-corrected chi connectivity index (χ0v) is 17.4. The lowest BCUT2D eigenvalue weighted by Crippen LogP contribution is -1.83. The Bertz CT molecular complexity index is 904. The average Bonchev–Trinajstić information content (AvgIpc) is 2.94. The van der Waals surface area contributed by atoms with Gasteiger partial charge in [-0.3, -0.25) is 0 Å². The zero-order chi connectivity index (χ0) is 16.4. The number of rotatable bonds is 3. The maximum atomic E-state index is 9.82. The van der Waals surface area contributed by atoms with Crippen molar-refractivity contribution in [1.82, 2.24) is 4.98 Å². The van der Waals surface area contributed by atoms with Gasteiger partial charge in [-0.2, -0.15) is 5.26 Å². The number of thiazole rings is 1. The molecule has 0 atom stereocenters. The number of aromatic hydroxyl groups is 1. The van der Waals surface area contributed by atoms with E-state index in [9.17, 15) is 10.4 Å². The molecule has 1 heterocycles. The molecule has 0 spiro atoms. The molecule has 0 saturated carbocycles. The fourth-order valence-electron chi connectivity index (χ4n) is 1.89. The minimum atomic E-state index is 0.278. The Kier molecular flexibility index (Phi) is 5.45. The van der Waals surface area contributed by atoms with Gasteiger partial charge in [0.15, 0.2) is 4.34 Å². The summed E-state index contributed by atoms with van der Waals surface area (Å²) in [6.45, 7) is 0. The molecule has 0 aliphatic heterocycles. The molecule has 114 valence electrons. The molecular weight excluding hydrogens is 554 g/mol. The van der Waals surface area contributed by atoms with Crippen LogP contribution in [0.1, 0.15) is 5.56 Å². The number of phenolic OH excluding ortho intramolecular Hbond substituents is 1. The van der Waals surface area contributed by atoms with E-state index in [4.69, 9.17) is 0 Å². The summed E-state index contributed by atoms with van der Waals surface area (Å²) in [6, 6.07) is 13.9. The minimum absolute atomic E-state index is 0.278. The maximum absolute atomic E-state index is 9.82. The van der Waals surface area contributed by atoms with E-state index in [1.165, 1.54) is 11.8 Å². The second kappa shape index (κ2) is 7.38. The summed E-state index contributed by atoms with van der Waals surface area (Å²) >= 11 is 7.11. The number of thioether (sulfide) groups is 1. The monoisotopic (exact) mass is 562 g/mol. The van der Waals surface area contributed by atoms with Crippen LogP contribution in [0, 0.1) is 18.5 Å². The number of aromatic nitrogens is 1. The lowest BCUT2D eigenvalue weighted by molar-refractivity contribution is 0.467. The van der Waals surface area contributed by atoms with E-state index in [-0.39, 0.29) is 5.75 Å². The van der Waals surface area contributed by atoms with Crippen LogP contribution in [0.5, 0.6) is 5.75 Å². The third-order valence-corrected chi connectivity index (χ3v) is 6.59. The molecule has 0 fully saturated rings. The predicted octanol–water partition coefficient (Wildman–Crippen LogP) is 5.87. The highest BCUT2D eigenvalue weighted by atomic mass is 127. The molecule has 0 bridgehead atoms. The van der Waals surface area contributed by atoms with E-state index in [0.29, 0.717) is 4.91 Å². The Morgan fingerprint density at radius 1 is 1.26 bits per heavy atom. The molecule has 1 N–H and O–H groups in total. The van der Waals surface area contributed by atoms with Gasteiger partial charge < -0.3 is 5.11 Å². The van der Waals surface area contributed by atoms with E-state index in [0.717, 1.165) is 27.3 Å². The SMILES string of the molecule is N#C/C(=C\c1cc(I)c(O)c(I)c1)Sc1nc2ccccc2s1. The third-order valence-electron chi connectivity index (χ3n) is 2.92. The van der Waals surface area contributed by atoms with Crippen molar-refractivity contribution in [2.75, 3.05) is 0 Å². The summed E-state index contributed by atoms with van der Waals surface area (Å²) in [7, 11) is 0. The number of allylic oxidation sites excluding steroid dienone is 1. The Balaban J connectivity index is 1.92. The maximum Gasteiger partial charge on any atom is 0.156 e. The molecular formula is C16H8I2N2OS2. The van der Waals surface area contributed by atoms with E-state index in [1.54, 1.807) is 11.3 Å². The van der Waals surface area contributed by atoms with Gasteiger partial charge in [0.25, 0.3) is 0 Å². The van der Waals surface area contributed by atoms with Gasteiger partial charge in [-0.15, -0.1) is 11.3 Å². The minimum Gasteiger partial charge on any atom is -0.506 e. The van der Waals surface area contributed by atoms with Gasteiger partial charge >= 0.3 is 0 Å². The molecule has 0 aliphatic rings. The van der Waals surface area contributed by atoms with E-state index in [1.807, 2.05) is 42.5 Å². The Hall–Kier alpha value is -0.830. The van der Waals surface area contributed by atoms with Crippen molar-refractivity contribution in [1.29, 1.82) is 5.26 Å². The summed E-state index contributed by atoms with van der Waals surface area (Å²) in [6.07, 6.45) is 1.82. The number of nitrogens with zero attached hydrogens (tertiary/aromatic N) is 2. The molecule has 0 aliphatic carbocycles. The summed E-state index contributed by atoms with van der Waals surface area (Å²) in [5, 5.41) is 19.2. The third kappa shape index (κ3) is 3.99. The first-order valence-corrected chi connectivity index (χ1v) is 10.2. The Morgan fingerprint density at radius 2 is 1.96 bits per heavy atom. The fraction of sp³-hybridized carbons (Fsp3) is 0. The second-order valence-electron chi connectivity index (χ2n) is 4.50. The number of halogens is 2. The van der Waals surface area contributed by atoms with Crippen LogP contribution in [0.4, 0.5) is 0 Å². The van der Waals surface area contributed by atoms with Crippen LogP contribution in [-0.2, 0) is 0 Å². The van der Waals surface area contributed by atoms with Crippen LogP contribution in [0.15, 0.2) is 45.6 Å². The number of benzene rings is 2. The Morgan fingerprint density at radius 3 is 2.61 bits per heavy atom. The molecule has 0 radical (unpaired) electrons. The molecule has 3 aromatic rings. The van der Waals surface area contributed by atoms with Crippen LogP contribution < -0.4 is 0 Å². The molecule has 3 rings (SSSR count). The molecule has 3 nitrogen and oxygen atoms in total. The molecule has 0 unspecified atom stereocenters. The van der Waals surface area contributed by atoms with Crippen molar-refractivity contribution in [3.05, 3.63) is 54.0 Å². The number of phenols is 1.